The van der Waals surface area contributed by atoms with Gasteiger partial charge in [-0.3, -0.25) is 14.2 Å². The molecule has 1 aliphatic heterocycles. The number of anilines is 1. The summed E-state index contributed by atoms with van der Waals surface area (Å²) < 4.78 is 1.71. The summed E-state index contributed by atoms with van der Waals surface area (Å²) in [5, 5.41) is 0.590. The van der Waals surface area contributed by atoms with Crippen LogP contribution in [0.2, 0.25) is 0 Å². The van der Waals surface area contributed by atoms with Gasteiger partial charge in [0, 0.05) is 19.2 Å². The molecule has 30 heavy (non-hydrogen) atoms. The summed E-state index contributed by atoms with van der Waals surface area (Å²) in [5.74, 6) is 0.317. The molecule has 0 saturated carbocycles. The van der Waals surface area contributed by atoms with Gasteiger partial charge < -0.3 is 4.90 Å². The molecule has 0 bridgehead atoms. The summed E-state index contributed by atoms with van der Waals surface area (Å²) in [6.07, 6.45) is 0.382. The highest BCUT2D eigenvalue weighted by Crippen LogP contribution is 2.37. The zero-order chi connectivity index (χ0) is 20.7. The molecule has 1 aromatic heterocycles. The second kappa shape index (κ2) is 7.26. The Kier molecular flexibility index (Phi) is 4.43. The van der Waals surface area contributed by atoms with Crippen molar-refractivity contribution >= 4 is 22.5 Å². The van der Waals surface area contributed by atoms with Gasteiger partial charge in [-0.05, 0) is 29.3 Å². The van der Waals surface area contributed by atoms with E-state index in [1.807, 2.05) is 72.8 Å². The Labute approximate surface area is 174 Å². The molecule has 5 rings (SSSR count). The predicted octanol–water partition coefficient (Wildman–Crippen LogP) is 3.75. The maximum absolute atomic E-state index is 13.3. The highest BCUT2D eigenvalue weighted by atomic mass is 16.2. The Morgan fingerprint density at radius 2 is 1.57 bits per heavy atom. The van der Waals surface area contributed by atoms with Gasteiger partial charge in [0.2, 0.25) is 5.91 Å². The number of hydrogen-bond donors (Lipinski definition) is 0. The van der Waals surface area contributed by atoms with Crippen molar-refractivity contribution in [2.75, 3.05) is 11.9 Å². The third-order valence-electron chi connectivity index (χ3n) is 5.81. The summed E-state index contributed by atoms with van der Waals surface area (Å²) >= 11 is 0. The van der Waals surface area contributed by atoms with Gasteiger partial charge in [0.15, 0.2) is 0 Å². The van der Waals surface area contributed by atoms with Gasteiger partial charge in [-0.1, -0.05) is 60.7 Å². The number of para-hydroxylation sites is 2. The first kappa shape index (κ1) is 18.3. The van der Waals surface area contributed by atoms with Crippen molar-refractivity contribution in [3.8, 4) is 0 Å². The number of hydrogen-bond acceptors (Lipinski definition) is 3. The molecule has 2 heterocycles. The minimum absolute atomic E-state index is 0.0323. The number of likely N-dealkylation sites (N-methyl/N-ethyl adjacent to an activating group) is 1. The van der Waals surface area contributed by atoms with Crippen LogP contribution < -0.4 is 10.5 Å². The molecule has 5 heteroatoms. The second-order valence-corrected chi connectivity index (χ2v) is 7.63. The third kappa shape index (κ3) is 2.99. The first-order chi connectivity index (χ1) is 14.6. The Bertz CT molecular complexity index is 1310. The number of carbonyl (C=O) groups is 1. The molecule has 0 aliphatic carbocycles. The van der Waals surface area contributed by atoms with Crippen molar-refractivity contribution in [2.24, 2.45) is 0 Å². The van der Waals surface area contributed by atoms with E-state index in [1.54, 1.807) is 22.6 Å². The van der Waals surface area contributed by atoms with Crippen molar-refractivity contribution in [1.29, 1.82) is 0 Å². The zero-order valence-corrected chi connectivity index (χ0v) is 16.7. The molecule has 3 aromatic carbocycles. The number of rotatable bonds is 4. The van der Waals surface area contributed by atoms with Crippen LogP contribution in [0.15, 0.2) is 83.7 Å². The highest BCUT2D eigenvalue weighted by Gasteiger charge is 2.35. The van der Waals surface area contributed by atoms with Gasteiger partial charge in [0.05, 0.1) is 23.4 Å². The van der Waals surface area contributed by atoms with E-state index in [0.717, 1.165) is 16.8 Å². The van der Waals surface area contributed by atoms with Gasteiger partial charge in [-0.15, -0.1) is 0 Å². The molecule has 1 aliphatic rings. The third-order valence-corrected chi connectivity index (χ3v) is 5.81. The number of fused-ring (bicyclic) bond motifs is 2. The lowest BCUT2D eigenvalue weighted by molar-refractivity contribution is -0.119. The van der Waals surface area contributed by atoms with Gasteiger partial charge in [0.1, 0.15) is 5.82 Å². The Hall–Kier alpha value is -3.73. The number of amides is 1. The van der Waals surface area contributed by atoms with Gasteiger partial charge in [-0.25, -0.2) is 4.98 Å². The lowest BCUT2D eigenvalue weighted by Gasteiger charge is -2.17. The van der Waals surface area contributed by atoms with Crippen LogP contribution in [-0.4, -0.2) is 22.5 Å². The van der Waals surface area contributed by atoms with Gasteiger partial charge >= 0.3 is 0 Å². The molecule has 0 N–H and O–H groups in total. The number of carbonyl (C=O) groups excluding carboxylic acids is 1. The van der Waals surface area contributed by atoms with E-state index >= 15 is 0 Å². The van der Waals surface area contributed by atoms with Crippen molar-refractivity contribution in [1.82, 2.24) is 9.55 Å². The standard InChI is InChI=1S/C25H21N3O2/c1-27-22-14-8-6-11-18(22)20(24(27)29)15-23-26-21-13-7-5-12-19(21)25(30)28(23)16-17-9-3-2-4-10-17/h2-14,20H,15-16H2,1H3. The van der Waals surface area contributed by atoms with Crippen LogP contribution in [0.4, 0.5) is 5.69 Å². The largest absolute Gasteiger partial charge is 0.315 e. The molecular formula is C25H21N3O2. The van der Waals surface area contributed by atoms with E-state index < -0.39 is 0 Å². The molecule has 148 valence electrons. The van der Waals surface area contributed by atoms with Crippen LogP contribution in [0.5, 0.6) is 0 Å². The zero-order valence-electron chi connectivity index (χ0n) is 16.7. The van der Waals surface area contributed by atoms with Crippen molar-refractivity contribution in [3.63, 3.8) is 0 Å². The molecule has 5 nitrogen and oxygen atoms in total. The first-order valence-electron chi connectivity index (χ1n) is 10.0. The van der Waals surface area contributed by atoms with Crippen LogP contribution in [0.3, 0.4) is 0 Å². The SMILES string of the molecule is CN1C(=O)C(Cc2nc3ccccc3c(=O)n2Cc2ccccc2)c2ccccc21. The lowest BCUT2D eigenvalue weighted by Crippen LogP contribution is -2.30. The van der Waals surface area contributed by atoms with E-state index in [9.17, 15) is 9.59 Å². The Morgan fingerprint density at radius 1 is 0.867 bits per heavy atom. The van der Waals surface area contributed by atoms with Crippen LogP contribution in [0.25, 0.3) is 10.9 Å². The number of benzene rings is 3. The number of aromatic nitrogens is 2. The second-order valence-electron chi connectivity index (χ2n) is 7.63. The Balaban J connectivity index is 1.64. The van der Waals surface area contributed by atoms with Gasteiger partial charge in [0.25, 0.3) is 5.56 Å². The van der Waals surface area contributed by atoms with Crippen molar-refractivity contribution < 1.29 is 4.79 Å². The summed E-state index contributed by atoms with van der Waals surface area (Å²) in [6, 6.07) is 25.1. The molecule has 0 radical (unpaired) electrons. The topological polar surface area (TPSA) is 55.2 Å². The van der Waals surface area contributed by atoms with Crippen LogP contribution >= 0.6 is 0 Å². The summed E-state index contributed by atoms with van der Waals surface area (Å²) in [6.45, 7) is 0.422. The maximum atomic E-state index is 13.3. The minimum atomic E-state index is -0.346. The molecule has 4 aromatic rings. The summed E-state index contributed by atoms with van der Waals surface area (Å²) in [4.78, 5) is 32.9. The predicted molar refractivity (Wildman–Crippen MR) is 118 cm³/mol. The fourth-order valence-corrected chi connectivity index (χ4v) is 4.25. The highest BCUT2D eigenvalue weighted by molar-refractivity contribution is 6.04. The van der Waals surface area contributed by atoms with E-state index in [-0.39, 0.29) is 17.4 Å². The number of nitrogens with zero attached hydrogens (tertiary/aromatic N) is 3. The van der Waals surface area contributed by atoms with E-state index in [0.29, 0.717) is 29.7 Å². The smallest absolute Gasteiger partial charge is 0.261 e. The van der Waals surface area contributed by atoms with Crippen LogP contribution in [-0.2, 0) is 17.8 Å². The van der Waals surface area contributed by atoms with Crippen LogP contribution in [0.1, 0.15) is 22.9 Å². The first-order valence-corrected chi connectivity index (χ1v) is 10.0. The van der Waals surface area contributed by atoms with E-state index in [4.69, 9.17) is 4.98 Å². The average Bonchev–Trinajstić information content (AvgIpc) is 3.02. The molecule has 0 saturated heterocycles. The molecule has 1 amide bonds. The van der Waals surface area contributed by atoms with Crippen molar-refractivity contribution in [3.05, 3.63) is 106 Å². The summed E-state index contributed by atoms with van der Waals surface area (Å²) in [5.41, 5.74) is 3.51. The van der Waals surface area contributed by atoms with E-state index in [2.05, 4.69) is 0 Å². The van der Waals surface area contributed by atoms with Crippen molar-refractivity contribution in [2.45, 2.75) is 18.9 Å². The monoisotopic (exact) mass is 395 g/mol. The quantitative estimate of drug-likeness (QED) is 0.529. The molecule has 0 spiro atoms. The fourth-order valence-electron chi connectivity index (χ4n) is 4.25. The Morgan fingerprint density at radius 3 is 2.40 bits per heavy atom. The fraction of sp³-hybridized carbons (Fsp3) is 0.160. The lowest BCUT2D eigenvalue weighted by atomic mass is 9.96. The molecule has 1 unspecified atom stereocenters. The minimum Gasteiger partial charge on any atom is -0.315 e. The maximum Gasteiger partial charge on any atom is 0.261 e. The molecule has 1 atom stereocenters. The average molecular weight is 395 g/mol. The van der Waals surface area contributed by atoms with Crippen LogP contribution in [0, 0.1) is 0 Å². The normalized spacial score (nSPS) is 15.6. The molecule has 0 fully saturated rings. The summed E-state index contributed by atoms with van der Waals surface area (Å²) in [7, 11) is 1.80. The van der Waals surface area contributed by atoms with E-state index in [1.165, 1.54) is 0 Å². The molecular weight excluding hydrogens is 374 g/mol. The van der Waals surface area contributed by atoms with Gasteiger partial charge in [-0.2, -0.15) is 0 Å².